The molecule has 98 valence electrons. The molecule has 2 unspecified atom stereocenters. The Bertz CT molecular complexity index is 424. The van der Waals surface area contributed by atoms with Gasteiger partial charge in [0.05, 0.1) is 16.9 Å². The zero-order valence-corrected chi connectivity index (χ0v) is 11.7. The van der Waals surface area contributed by atoms with E-state index in [1.54, 1.807) is 0 Å². The first-order valence-corrected chi connectivity index (χ1v) is 7.29. The highest BCUT2D eigenvalue weighted by Crippen LogP contribution is 2.30. The average molecular weight is 286 g/mol. The predicted octanol–water partition coefficient (Wildman–Crippen LogP) is 2.97. The molecule has 3 heterocycles. The van der Waals surface area contributed by atoms with Crippen molar-refractivity contribution in [3.8, 4) is 0 Å². The SMILES string of the molecule is Clc1cc(N2CCC3CCNC3CC2)cnc1Cl. The van der Waals surface area contributed by atoms with E-state index in [1.165, 1.54) is 25.8 Å². The van der Waals surface area contributed by atoms with Crippen LogP contribution in [0.1, 0.15) is 19.3 Å². The van der Waals surface area contributed by atoms with Crippen LogP contribution in [0.15, 0.2) is 12.3 Å². The molecule has 2 aliphatic heterocycles. The minimum Gasteiger partial charge on any atom is -0.370 e. The van der Waals surface area contributed by atoms with Gasteiger partial charge < -0.3 is 10.2 Å². The lowest BCUT2D eigenvalue weighted by Gasteiger charge is -2.23. The Morgan fingerprint density at radius 2 is 2.06 bits per heavy atom. The topological polar surface area (TPSA) is 28.2 Å². The van der Waals surface area contributed by atoms with E-state index >= 15 is 0 Å². The summed E-state index contributed by atoms with van der Waals surface area (Å²) in [5.74, 6) is 0.839. The lowest BCUT2D eigenvalue weighted by Crippen LogP contribution is -2.28. The van der Waals surface area contributed by atoms with Crippen LogP contribution in [0.2, 0.25) is 10.2 Å². The van der Waals surface area contributed by atoms with Gasteiger partial charge in [-0.05, 0) is 37.8 Å². The van der Waals surface area contributed by atoms with Crippen LogP contribution >= 0.6 is 23.2 Å². The van der Waals surface area contributed by atoms with Crippen LogP contribution in [0.4, 0.5) is 5.69 Å². The Hall–Kier alpha value is -0.510. The standard InChI is InChI=1S/C13H17Cl2N3/c14-11-7-10(8-17-13(11)15)18-5-2-9-1-4-16-12(9)3-6-18/h7-9,12,16H,1-6H2. The van der Waals surface area contributed by atoms with Gasteiger partial charge in [0, 0.05) is 19.1 Å². The summed E-state index contributed by atoms with van der Waals surface area (Å²) in [6, 6.07) is 2.62. The molecule has 2 atom stereocenters. The Labute approximate surface area is 117 Å². The molecule has 3 rings (SSSR count). The molecule has 1 aromatic heterocycles. The van der Waals surface area contributed by atoms with Crippen molar-refractivity contribution in [2.45, 2.75) is 25.3 Å². The van der Waals surface area contributed by atoms with Crippen LogP contribution in [0, 0.1) is 5.92 Å². The van der Waals surface area contributed by atoms with Gasteiger partial charge in [-0.3, -0.25) is 0 Å². The van der Waals surface area contributed by atoms with Crippen LogP contribution in [0.3, 0.4) is 0 Å². The van der Waals surface area contributed by atoms with Gasteiger partial charge in [0.2, 0.25) is 0 Å². The molecule has 0 aromatic carbocycles. The van der Waals surface area contributed by atoms with Gasteiger partial charge in [0.1, 0.15) is 5.15 Å². The zero-order chi connectivity index (χ0) is 12.5. The predicted molar refractivity (Wildman–Crippen MR) is 75.6 cm³/mol. The monoisotopic (exact) mass is 285 g/mol. The summed E-state index contributed by atoms with van der Waals surface area (Å²) < 4.78 is 0. The van der Waals surface area contributed by atoms with E-state index in [4.69, 9.17) is 23.2 Å². The van der Waals surface area contributed by atoms with E-state index in [0.717, 1.165) is 24.7 Å². The molecule has 2 fully saturated rings. The van der Waals surface area contributed by atoms with Crippen molar-refractivity contribution in [1.82, 2.24) is 10.3 Å². The number of pyridine rings is 1. The van der Waals surface area contributed by atoms with Crippen molar-refractivity contribution in [1.29, 1.82) is 0 Å². The van der Waals surface area contributed by atoms with Crippen LogP contribution in [-0.4, -0.2) is 30.7 Å². The molecular weight excluding hydrogens is 269 g/mol. The molecule has 0 aliphatic carbocycles. The van der Waals surface area contributed by atoms with Crippen molar-refractivity contribution >= 4 is 28.9 Å². The molecule has 2 saturated heterocycles. The number of fused-ring (bicyclic) bond motifs is 1. The van der Waals surface area contributed by atoms with Gasteiger partial charge in [-0.2, -0.15) is 0 Å². The molecule has 2 aliphatic rings. The van der Waals surface area contributed by atoms with Crippen LogP contribution in [-0.2, 0) is 0 Å². The second-order valence-corrected chi connectivity index (χ2v) is 5.91. The maximum Gasteiger partial charge on any atom is 0.147 e. The Kier molecular flexibility index (Phi) is 3.64. The first-order valence-electron chi connectivity index (χ1n) is 6.53. The van der Waals surface area contributed by atoms with E-state index in [1.807, 2.05) is 12.3 Å². The normalized spacial score (nSPS) is 28.0. The third-order valence-corrected chi connectivity index (χ3v) is 4.80. The molecule has 0 spiro atoms. The summed E-state index contributed by atoms with van der Waals surface area (Å²) in [4.78, 5) is 6.50. The first-order chi connectivity index (χ1) is 8.74. The Morgan fingerprint density at radius 3 is 2.89 bits per heavy atom. The molecule has 0 bridgehead atoms. The molecule has 1 N–H and O–H groups in total. The Balaban J connectivity index is 1.74. The van der Waals surface area contributed by atoms with Crippen LogP contribution in [0.5, 0.6) is 0 Å². The summed E-state index contributed by atoms with van der Waals surface area (Å²) in [6.45, 7) is 3.33. The lowest BCUT2D eigenvalue weighted by atomic mass is 9.96. The number of hydrogen-bond acceptors (Lipinski definition) is 3. The summed E-state index contributed by atoms with van der Waals surface area (Å²) in [7, 11) is 0. The summed E-state index contributed by atoms with van der Waals surface area (Å²) >= 11 is 11.9. The number of hydrogen-bond donors (Lipinski definition) is 1. The van der Waals surface area contributed by atoms with Crippen molar-refractivity contribution in [3.63, 3.8) is 0 Å². The van der Waals surface area contributed by atoms with Crippen molar-refractivity contribution in [2.24, 2.45) is 5.92 Å². The molecule has 1 aromatic rings. The van der Waals surface area contributed by atoms with Crippen molar-refractivity contribution in [3.05, 3.63) is 22.4 Å². The first kappa shape index (κ1) is 12.5. The summed E-state index contributed by atoms with van der Waals surface area (Å²) in [6.07, 6.45) is 5.59. The van der Waals surface area contributed by atoms with Gasteiger partial charge >= 0.3 is 0 Å². The van der Waals surface area contributed by atoms with Gasteiger partial charge in [0.15, 0.2) is 0 Å². The molecule has 0 saturated carbocycles. The second kappa shape index (κ2) is 5.24. The summed E-state index contributed by atoms with van der Waals surface area (Å²) in [5.41, 5.74) is 1.09. The van der Waals surface area contributed by atoms with Crippen molar-refractivity contribution < 1.29 is 0 Å². The summed E-state index contributed by atoms with van der Waals surface area (Å²) in [5, 5.41) is 4.52. The fraction of sp³-hybridized carbons (Fsp3) is 0.615. The van der Waals surface area contributed by atoms with E-state index in [2.05, 4.69) is 15.2 Å². The number of aromatic nitrogens is 1. The average Bonchev–Trinajstić information content (AvgIpc) is 2.72. The van der Waals surface area contributed by atoms with E-state index in [-0.39, 0.29) is 0 Å². The van der Waals surface area contributed by atoms with E-state index in [0.29, 0.717) is 16.2 Å². The van der Waals surface area contributed by atoms with E-state index < -0.39 is 0 Å². The maximum atomic E-state index is 6.04. The highest BCUT2D eigenvalue weighted by molar-refractivity contribution is 6.41. The lowest BCUT2D eigenvalue weighted by molar-refractivity contribution is 0.436. The van der Waals surface area contributed by atoms with Crippen LogP contribution < -0.4 is 10.2 Å². The molecule has 18 heavy (non-hydrogen) atoms. The maximum absolute atomic E-state index is 6.04. The van der Waals surface area contributed by atoms with Crippen LogP contribution in [0.25, 0.3) is 0 Å². The molecular formula is C13H17Cl2N3. The molecule has 3 nitrogen and oxygen atoms in total. The number of rotatable bonds is 1. The van der Waals surface area contributed by atoms with Gasteiger partial charge in [-0.25, -0.2) is 4.98 Å². The van der Waals surface area contributed by atoms with Gasteiger partial charge in [-0.1, -0.05) is 23.2 Å². The third kappa shape index (κ3) is 2.44. The second-order valence-electron chi connectivity index (χ2n) is 5.14. The number of anilines is 1. The number of nitrogens with one attached hydrogen (secondary N) is 1. The number of halogens is 2. The highest BCUT2D eigenvalue weighted by Gasteiger charge is 2.30. The quantitative estimate of drug-likeness (QED) is 0.804. The molecule has 0 amide bonds. The third-order valence-electron chi connectivity index (χ3n) is 4.12. The fourth-order valence-electron chi connectivity index (χ4n) is 3.08. The molecule has 5 heteroatoms. The highest BCUT2D eigenvalue weighted by atomic mass is 35.5. The van der Waals surface area contributed by atoms with Crippen molar-refractivity contribution in [2.75, 3.05) is 24.5 Å². The minimum absolute atomic E-state index is 0.383. The van der Waals surface area contributed by atoms with Gasteiger partial charge in [0.25, 0.3) is 0 Å². The van der Waals surface area contributed by atoms with E-state index in [9.17, 15) is 0 Å². The Morgan fingerprint density at radius 1 is 1.22 bits per heavy atom. The largest absolute Gasteiger partial charge is 0.370 e. The molecule has 0 radical (unpaired) electrons. The number of nitrogens with zero attached hydrogens (tertiary/aromatic N) is 2. The smallest absolute Gasteiger partial charge is 0.147 e. The van der Waals surface area contributed by atoms with Gasteiger partial charge in [-0.15, -0.1) is 0 Å². The zero-order valence-electron chi connectivity index (χ0n) is 10.2. The fourth-order valence-corrected chi connectivity index (χ4v) is 3.34. The minimum atomic E-state index is 0.383.